The van der Waals surface area contributed by atoms with Crippen LogP contribution in [0.25, 0.3) is 43.4 Å². The maximum atomic E-state index is 4.11. The van der Waals surface area contributed by atoms with Crippen molar-refractivity contribution >= 4 is 60.8 Å². The number of hydrogen-bond donors (Lipinski definition) is 0. The van der Waals surface area contributed by atoms with E-state index in [1.54, 1.807) is 6.08 Å². The zero-order chi connectivity index (χ0) is 33.9. The quantitative estimate of drug-likeness (QED) is 0.114. The van der Waals surface area contributed by atoms with E-state index in [0.29, 0.717) is 0 Å². The predicted molar refractivity (Wildman–Crippen MR) is 216 cm³/mol. The van der Waals surface area contributed by atoms with Gasteiger partial charge >= 0.3 is 0 Å². The number of fused-ring (bicyclic) bond motifs is 6. The molecule has 0 N–H and O–H groups in total. The van der Waals surface area contributed by atoms with E-state index in [9.17, 15) is 0 Å². The van der Waals surface area contributed by atoms with Gasteiger partial charge in [-0.3, -0.25) is 0 Å². The number of allylic oxidation sites excluding steroid dienone is 3. The number of para-hydroxylation sites is 3. The highest BCUT2D eigenvalue weighted by Gasteiger charge is 2.17. The average Bonchev–Trinajstić information content (AvgIpc) is 3.19. The third kappa shape index (κ3) is 5.63. The Bertz CT molecular complexity index is 2450. The molecule has 0 fully saturated rings. The van der Waals surface area contributed by atoms with Crippen LogP contribution in [0.15, 0.2) is 213 Å². The highest BCUT2D eigenvalue weighted by atomic mass is 15.1. The zero-order valence-electron chi connectivity index (χ0n) is 27.8. The van der Waals surface area contributed by atoms with Crippen LogP contribution >= 0.6 is 0 Å². The lowest BCUT2D eigenvalue weighted by Gasteiger charge is -2.26. The molecule has 8 rings (SSSR count). The molecule has 0 aliphatic heterocycles. The van der Waals surface area contributed by atoms with Gasteiger partial charge in [0.15, 0.2) is 0 Å². The summed E-state index contributed by atoms with van der Waals surface area (Å²) < 4.78 is 0. The lowest BCUT2D eigenvalue weighted by Crippen LogP contribution is -2.14. The Morgan fingerprint density at radius 1 is 0.380 bits per heavy atom. The number of benzene rings is 8. The largest absolute Gasteiger partial charge is 0.311 e. The van der Waals surface area contributed by atoms with E-state index < -0.39 is 0 Å². The summed E-state index contributed by atoms with van der Waals surface area (Å²) in [5.74, 6) is 0. The first-order valence-electron chi connectivity index (χ1n) is 16.9. The van der Waals surface area contributed by atoms with E-state index in [0.717, 1.165) is 39.7 Å². The van der Waals surface area contributed by atoms with Crippen LogP contribution in [0.4, 0.5) is 28.4 Å². The standard InChI is InChI=1S/C48H36N2/c1-3-17-37(4-2)49(38-19-8-5-9-20-38)41-25-16-18-35(32-41)36-28-30-45-46-31-29-42(34-48(46)44-27-15-14-26-43(44)47(45)33-36)50(39-21-10-6-11-22-39)40-23-12-7-13-24-40/h3-34H,1-2H2/b37-17+. The van der Waals surface area contributed by atoms with Crippen molar-refractivity contribution in [3.05, 3.63) is 213 Å². The molecule has 0 aliphatic rings. The van der Waals surface area contributed by atoms with E-state index in [4.69, 9.17) is 0 Å². The van der Waals surface area contributed by atoms with Crippen LogP contribution in [-0.2, 0) is 0 Å². The molecule has 0 amide bonds. The van der Waals surface area contributed by atoms with Gasteiger partial charge in [0.1, 0.15) is 0 Å². The molecular formula is C48H36N2. The Hall–Kier alpha value is -6.64. The third-order valence-corrected chi connectivity index (χ3v) is 9.32. The topological polar surface area (TPSA) is 6.48 Å². The predicted octanol–water partition coefficient (Wildman–Crippen LogP) is 13.7. The molecular weight excluding hydrogens is 605 g/mol. The number of rotatable bonds is 9. The van der Waals surface area contributed by atoms with Crippen molar-refractivity contribution in [3.63, 3.8) is 0 Å². The third-order valence-electron chi connectivity index (χ3n) is 9.32. The minimum atomic E-state index is 0.955. The maximum absolute atomic E-state index is 4.11. The van der Waals surface area contributed by atoms with Gasteiger partial charge < -0.3 is 9.80 Å². The van der Waals surface area contributed by atoms with Crippen molar-refractivity contribution in [2.45, 2.75) is 0 Å². The molecule has 0 atom stereocenters. The van der Waals surface area contributed by atoms with Crippen molar-refractivity contribution < 1.29 is 0 Å². The van der Waals surface area contributed by atoms with Gasteiger partial charge in [-0.15, -0.1) is 0 Å². The Balaban J connectivity index is 1.28. The van der Waals surface area contributed by atoms with E-state index in [1.165, 1.54) is 37.9 Å². The molecule has 2 heteroatoms. The number of anilines is 5. The van der Waals surface area contributed by atoms with Gasteiger partial charge in [0.25, 0.3) is 0 Å². The molecule has 8 aromatic rings. The summed E-state index contributed by atoms with van der Waals surface area (Å²) in [7, 11) is 0. The molecule has 238 valence electrons. The monoisotopic (exact) mass is 640 g/mol. The summed E-state index contributed by atoms with van der Waals surface area (Å²) in [6.45, 7) is 8.05. The summed E-state index contributed by atoms with van der Waals surface area (Å²) in [6.07, 6.45) is 5.67. The van der Waals surface area contributed by atoms with Crippen LogP contribution < -0.4 is 9.80 Å². The second kappa shape index (κ2) is 13.5. The van der Waals surface area contributed by atoms with Crippen LogP contribution in [0.5, 0.6) is 0 Å². The molecule has 0 aliphatic carbocycles. The van der Waals surface area contributed by atoms with Gasteiger partial charge in [0, 0.05) is 34.1 Å². The molecule has 0 saturated heterocycles. The SMILES string of the molecule is C=C/C=C(\C=C)N(c1ccccc1)c1cccc(-c2ccc3c4ccc(N(c5ccccc5)c5ccccc5)cc4c4ccccc4c3c2)c1. The minimum absolute atomic E-state index is 0.955. The van der Waals surface area contributed by atoms with Crippen LogP contribution in [-0.4, -0.2) is 0 Å². The first kappa shape index (κ1) is 30.7. The van der Waals surface area contributed by atoms with Gasteiger partial charge in [-0.2, -0.15) is 0 Å². The van der Waals surface area contributed by atoms with Crippen LogP contribution in [0, 0.1) is 0 Å². The Labute approximate surface area is 293 Å². The lowest BCUT2D eigenvalue weighted by molar-refractivity contribution is 1.21. The summed E-state index contributed by atoms with van der Waals surface area (Å²) in [5.41, 5.74) is 8.76. The Morgan fingerprint density at radius 2 is 0.880 bits per heavy atom. The van der Waals surface area contributed by atoms with Gasteiger partial charge in [0.05, 0.1) is 0 Å². The highest BCUT2D eigenvalue weighted by Crippen LogP contribution is 2.42. The first-order valence-corrected chi connectivity index (χ1v) is 16.9. The van der Waals surface area contributed by atoms with Crippen molar-refractivity contribution in [1.82, 2.24) is 0 Å². The summed E-state index contributed by atoms with van der Waals surface area (Å²) in [5, 5.41) is 7.44. The van der Waals surface area contributed by atoms with E-state index >= 15 is 0 Å². The Morgan fingerprint density at radius 3 is 1.48 bits per heavy atom. The molecule has 0 saturated carbocycles. The molecule has 8 aromatic carbocycles. The van der Waals surface area contributed by atoms with Crippen LogP contribution in [0.3, 0.4) is 0 Å². The van der Waals surface area contributed by atoms with E-state index in [1.807, 2.05) is 18.2 Å². The van der Waals surface area contributed by atoms with Crippen molar-refractivity contribution in [2.24, 2.45) is 0 Å². The van der Waals surface area contributed by atoms with Crippen molar-refractivity contribution in [1.29, 1.82) is 0 Å². The Kier molecular flexibility index (Phi) is 8.26. The molecule has 0 bridgehead atoms. The molecule has 0 heterocycles. The smallest absolute Gasteiger partial charge is 0.0468 e. The van der Waals surface area contributed by atoms with Gasteiger partial charge in [-0.05, 0) is 122 Å². The number of hydrogen-bond acceptors (Lipinski definition) is 2. The van der Waals surface area contributed by atoms with Crippen molar-refractivity contribution in [3.8, 4) is 11.1 Å². The van der Waals surface area contributed by atoms with Gasteiger partial charge in [0.2, 0.25) is 0 Å². The summed E-state index contributed by atoms with van der Waals surface area (Å²) >= 11 is 0. The van der Waals surface area contributed by atoms with Crippen LogP contribution in [0.2, 0.25) is 0 Å². The molecule has 0 aromatic heterocycles. The second-order valence-corrected chi connectivity index (χ2v) is 12.3. The van der Waals surface area contributed by atoms with E-state index in [2.05, 4.69) is 193 Å². The fraction of sp³-hybridized carbons (Fsp3) is 0. The molecule has 2 nitrogen and oxygen atoms in total. The fourth-order valence-corrected chi connectivity index (χ4v) is 7.07. The number of nitrogens with zero attached hydrogens (tertiary/aromatic N) is 2. The average molecular weight is 641 g/mol. The molecule has 0 unspecified atom stereocenters. The van der Waals surface area contributed by atoms with Gasteiger partial charge in [-0.25, -0.2) is 0 Å². The molecule has 0 spiro atoms. The second-order valence-electron chi connectivity index (χ2n) is 12.3. The molecule has 50 heavy (non-hydrogen) atoms. The van der Waals surface area contributed by atoms with Crippen LogP contribution in [0.1, 0.15) is 0 Å². The van der Waals surface area contributed by atoms with E-state index in [-0.39, 0.29) is 0 Å². The highest BCUT2D eigenvalue weighted by molar-refractivity contribution is 6.26. The first-order chi connectivity index (χ1) is 24.7. The molecule has 0 radical (unpaired) electrons. The minimum Gasteiger partial charge on any atom is -0.311 e. The summed E-state index contributed by atoms with van der Waals surface area (Å²) in [6, 6.07) is 62.9. The maximum Gasteiger partial charge on any atom is 0.0468 e. The summed E-state index contributed by atoms with van der Waals surface area (Å²) in [4.78, 5) is 4.54. The lowest BCUT2D eigenvalue weighted by atomic mass is 9.91. The van der Waals surface area contributed by atoms with Gasteiger partial charge in [-0.1, -0.05) is 128 Å². The fourth-order valence-electron chi connectivity index (χ4n) is 7.07. The normalized spacial score (nSPS) is 11.5. The zero-order valence-corrected chi connectivity index (χ0v) is 27.8. The van der Waals surface area contributed by atoms with Crippen molar-refractivity contribution in [2.75, 3.05) is 9.80 Å².